The maximum Gasteiger partial charge on any atom is 0.213 e. The normalized spacial score (nSPS) is 11.9. The van der Waals surface area contributed by atoms with Crippen LogP contribution in [0.1, 0.15) is 83.4 Å². The molecule has 0 aliphatic rings. The Morgan fingerprint density at radius 1 is 1.13 bits per heavy atom. The summed E-state index contributed by atoms with van der Waals surface area (Å²) in [4.78, 5) is 13.4. The highest BCUT2D eigenvalue weighted by molar-refractivity contribution is 6.10. The van der Waals surface area contributed by atoms with E-state index in [1.807, 2.05) is 39.0 Å². The van der Waals surface area contributed by atoms with E-state index in [0.29, 0.717) is 36.9 Å². The Kier molecular flexibility index (Phi) is 18.6. The van der Waals surface area contributed by atoms with Gasteiger partial charge >= 0.3 is 0 Å². The summed E-state index contributed by atoms with van der Waals surface area (Å²) in [6.07, 6.45) is 14.8. The van der Waals surface area contributed by atoms with E-state index in [9.17, 15) is 0 Å². The van der Waals surface area contributed by atoms with Crippen molar-refractivity contribution in [1.29, 1.82) is 5.41 Å². The lowest BCUT2D eigenvalue weighted by molar-refractivity contribution is 0.267. The van der Waals surface area contributed by atoms with Crippen LogP contribution in [0.5, 0.6) is 5.88 Å². The molecular formula is C32H49N5O. The van der Waals surface area contributed by atoms with Gasteiger partial charge in [0.1, 0.15) is 0 Å². The van der Waals surface area contributed by atoms with Crippen molar-refractivity contribution in [3.63, 3.8) is 0 Å². The quantitative estimate of drug-likeness (QED) is 0.232. The lowest BCUT2D eigenvalue weighted by atomic mass is 9.76. The molecule has 0 saturated carbocycles. The Balaban J connectivity index is 0.00000255. The summed E-state index contributed by atoms with van der Waals surface area (Å²) in [5.74, 6) is 0.576. The molecule has 0 aromatic carbocycles. The van der Waals surface area contributed by atoms with Crippen molar-refractivity contribution in [2.45, 2.75) is 80.2 Å². The average Bonchev–Trinajstić information content (AvgIpc) is 2.95. The fourth-order valence-corrected chi connectivity index (χ4v) is 3.47. The number of allylic oxidation sites excluding steroid dienone is 1. The maximum absolute atomic E-state index is 8.31. The predicted molar refractivity (Wildman–Crippen MR) is 165 cm³/mol. The number of aryl methyl sites for hydroxylation is 1. The molecule has 2 aromatic rings. The van der Waals surface area contributed by atoms with E-state index < -0.39 is 5.41 Å². The first-order chi connectivity index (χ1) is 18.4. The second kappa shape index (κ2) is 20.5. The predicted octanol–water partition coefficient (Wildman–Crippen LogP) is 8.35. The van der Waals surface area contributed by atoms with Gasteiger partial charge in [0, 0.05) is 43.0 Å². The Bertz CT molecular complexity index is 997. The van der Waals surface area contributed by atoms with Crippen LogP contribution in [-0.2, 0) is 6.54 Å². The maximum atomic E-state index is 8.31. The zero-order valence-corrected chi connectivity index (χ0v) is 24.5. The van der Waals surface area contributed by atoms with Crippen LogP contribution < -0.4 is 10.1 Å². The average molecular weight is 520 g/mol. The number of hydrogen-bond donors (Lipinski definition) is 2. The number of ether oxygens (including phenoxy) is 1. The van der Waals surface area contributed by atoms with Gasteiger partial charge in [-0.3, -0.25) is 9.98 Å². The van der Waals surface area contributed by atoms with Crippen LogP contribution in [0, 0.1) is 17.7 Å². The van der Waals surface area contributed by atoms with Crippen molar-refractivity contribution in [1.82, 2.24) is 15.3 Å². The molecule has 208 valence electrons. The third kappa shape index (κ3) is 12.1. The number of rotatable bonds is 15. The van der Waals surface area contributed by atoms with Gasteiger partial charge in [-0.05, 0) is 49.2 Å². The van der Waals surface area contributed by atoms with Crippen molar-refractivity contribution in [3.05, 3.63) is 85.5 Å². The van der Waals surface area contributed by atoms with Crippen LogP contribution in [0.15, 0.2) is 73.8 Å². The molecule has 2 N–H and O–H groups in total. The molecule has 1 unspecified atom stereocenters. The van der Waals surface area contributed by atoms with Crippen molar-refractivity contribution < 1.29 is 4.74 Å². The Morgan fingerprint density at radius 3 is 2.39 bits per heavy atom. The summed E-state index contributed by atoms with van der Waals surface area (Å²) in [7, 11) is 0. The van der Waals surface area contributed by atoms with Gasteiger partial charge in [-0.25, -0.2) is 4.98 Å². The van der Waals surface area contributed by atoms with Crippen LogP contribution in [0.25, 0.3) is 5.70 Å². The van der Waals surface area contributed by atoms with Gasteiger partial charge in [-0.15, -0.1) is 0 Å². The molecular weight excluding hydrogens is 470 g/mol. The Morgan fingerprint density at radius 2 is 1.84 bits per heavy atom. The molecule has 6 nitrogen and oxygen atoms in total. The highest BCUT2D eigenvalue weighted by Crippen LogP contribution is 2.32. The van der Waals surface area contributed by atoms with Gasteiger partial charge in [-0.1, -0.05) is 79.7 Å². The second-order valence-electron chi connectivity index (χ2n) is 8.70. The minimum absolute atomic E-state index is 0.415. The van der Waals surface area contributed by atoms with Crippen LogP contribution in [0.3, 0.4) is 0 Å². The smallest absolute Gasteiger partial charge is 0.213 e. The van der Waals surface area contributed by atoms with Gasteiger partial charge in [0.05, 0.1) is 23.4 Å². The number of pyridine rings is 2. The summed E-state index contributed by atoms with van der Waals surface area (Å²) in [5.41, 5.74) is 3.62. The van der Waals surface area contributed by atoms with Crippen molar-refractivity contribution >= 4 is 17.6 Å². The topological polar surface area (TPSA) is 83.2 Å². The lowest BCUT2D eigenvalue weighted by Crippen LogP contribution is -2.33. The van der Waals surface area contributed by atoms with E-state index in [0.717, 1.165) is 36.0 Å². The van der Waals surface area contributed by atoms with Gasteiger partial charge in [-0.2, -0.15) is 0 Å². The van der Waals surface area contributed by atoms with E-state index in [1.165, 1.54) is 12.6 Å². The largest absolute Gasteiger partial charge is 0.478 e. The molecule has 0 aliphatic carbocycles. The van der Waals surface area contributed by atoms with Crippen molar-refractivity contribution in [2.75, 3.05) is 6.61 Å². The third-order valence-electron chi connectivity index (χ3n) is 5.47. The highest BCUT2D eigenvalue weighted by Gasteiger charge is 2.32. The standard InChI is InChI=1S/C27H35N5O.C3H8.C2H6/c1-6-9-12-27(20-28,13-14-33-26-11-10-21(4)16-31-26)25(7-2)32-22(5)24-15-23(17-29-8-3)18-30-19-24;1-3-2;1-2/h7-8,10-11,15-16,18-20,28-29H,2-3,5-6,9,12-14,17H2,1,4H3;3H2,1-2H3;1-2H3. The Hall–Kier alpha value is -3.54. The first kappa shape index (κ1) is 34.5. The van der Waals surface area contributed by atoms with Gasteiger partial charge in [0.2, 0.25) is 5.88 Å². The zero-order valence-electron chi connectivity index (χ0n) is 24.5. The first-order valence-electron chi connectivity index (χ1n) is 13.7. The summed E-state index contributed by atoms with van der Waals surface area (Å²) in [6.45, 7) is 25.3. The molecule has 2 heterocycles. The van der Waals surface area contributed by atoms with E-state index >= 15 is 0 Å². The zero-order chi connectivity index (χ0) is 28.8. The molecule has 0 fully saturated rings. The SMILES string of the molecule is C=CNCc1cncc(C(=C)N=C(C=C)C(C=N)(CCCC)CCOc2ccc(C)cn2)c1.CC.CCC. The molecule has 0 saturated heterocycles. The van der Waals surface area contributed by atoms with E-state index in [2.05, 4.69) is 55.8 Å². The fourth-order valence-electron chi connectivity index (χ4n) is 3.47. The number of aromatic nitrogens is 2. The number of unbranched alkanes of at least 4 members (excludes halogenated alkanes) is 1. The first-order valence-corrected chi connectivity index (χ1v) is 13.7. The van der Waals surface area contributed by atoms with Crippen molar-refractivity contribution in [3.8, 4) is 5.88 Å². The van der Waals surface area contributed by atoms with E-state index in [-0.39, 0.29) is 0 Å². The molecule has 2 aromatic heterocycles. The molecule has 1 atom stereocenters. The van der Waals surface area contributed by atoms with Crippen molar-refractivity contribution in [2.24, 2.45) is 10.4 Å². The highest BCUT2D eigenvalue weighted by atomic mass is 16.5. The van der Waals surface area contributed by atoms with Crippen LogP contribution in [0.2, 0.25) is 0 Å². The van der Waals surface area contributed by atoms with Crippen LogP contribution >= 0.6 is 0 Å². The van der Waals surface area contributed by atoms with Gasteiger partial charge < -0.3 is 15.5 Å². The molecule has 0 radical (unpaired) electrons. The summed E-state index contributed by atoms with van der Waals surface area (Å²) in [5, 5.41) is 11.4. The summed E-state index contributed by atoms with van der Waals surface area (Å²) >= 11 is 0. The number of nitrogens with zero attached hydrogens (tertiary/aromatic N) is 3. The molecule has 2 rings (SSSR count). The molecule has 0 spiro atoms. The number of hydrogen-bond acceptors (Lipinski definition) is 6. The minimum Gasteiger partial charge on any atom is -0.478 e. The van der Waals surface area contributed by atoms with E-state index in [4.69, 9.17) is 15.1 Å². The van der Waals surface area contributed by atoms with E-state index in [1.54, 1.807) is 30.9 Å². The molecule has 38 heavy (non-hydrogen) atoms. The third-order valence-corrected chi connectivity index (χ3v) is 5.47. The number of nitrogens with one attached hydrogen (secondary N) is 2. The summed E-state index contributed by atoms with van der Waals surface area (Å²) < 4.78 is 5.88. The molecule has 0 amide bonds. The summed E-state index contributed by atoms with van der Waals surface area (Å²) in [6, 6.07) is 5.83. The molecule has 6 heteroatoms. The second-order valence-corrected chi connectivity index (χ2v) is 8.70. The lowest BCUT2D eigenvalue weighted by Gasteiger charge is -2.30. The Labute approximate surface area is 231 Å². The monoisotopic (exact) mass is 519 g/mol. The van der Waals surface area contributed by atoms with Gasteiger partial charge in [0.15, 0.2) is 0 Å². The number of aliphatic imine (C=N–C) groups is 1. The van der Waals surface area contributed by atoms with Crippen LogP contribution in [0.4, 0.5) is 0 Å². The molecule has 0 bridgehead atoms. The van der Waals surface area contributed by atoms with Gasteiger partial charge in [0.25, 0.3) is 0 Å². The fraction of sp³-hybridized carbons (Fsp3) is 0.438. The molecule has 0 aliphatic heterocycles. The minimum atomic E-state index is -0.596. The van der Waals surface area contributed by atoms with Crippen LogP contribution in [-0.4, -0.2) is 28.5 Å².